The molecule has 0 spiro atoms. The summed E-state index contributed by atoms with van der Waals surface area (Å²) in [6.07, 6.45) is -1.19. The van der Waals surface area contributed by atoms with E-state index in [1.54, 1.807) is 37.5 Å². The number of benzene rings is 2. The zero-order valence-electron chi connectivity index (χ0n) is 18.3. The van der Waals surface area contributed by atoms with Gasteiger partial charge >= 0.3 is 0 Å². The molecule has 3 aromatic rings. The van der Waals surface area contributed by atoms with Gasteiger partial charge in [-0.25, -0.2) is 13.8 Å². The molecular weight excluding hydrogens is 432 g/mol. The zero-order valence-corrected chi connectivity index (χ0v) is 18.3. The van der Waals surface area contributed by atoms with Crippen molar-refractivity contribution in [1.29, 1.82) is 0 Å². The molecule has 3 rings (SSSR count). The van der Waals surface area contributed by atoms with Crippen LogP contribution >= 0.6 is 0 Å². The minimum atomic E-state index is -2.17. The van der Waals surface area contributed by atoms with Crippen LogP contribution in [0.5, 0.6) is 5.75 Å². The van der Waals surface area contributed by atoms with E-state index in [-0.39, 0.29) is 12.5 Å². The molecule has 1 aromatic heterocycles. The lowest BCUT2D eigenvalue weighted by atomic mass is 10.1. The van der Waals surface area contributed by atoms with Gasteiger partial charge in [-0.1, -0.05) is 36.4 Å². The summed E-state index contributed by atoms with van der Waals surface area (Å²) < 4.78 is 26.1. The molecule has 1 amide bonds. The first kappa shape index (κ1) is 25.5. The van der Waals surface area contributed by atoms with Crippen molar-refractivity contribution >= 4 is 23.4 Å². The van der Waals surface area contributed by atoms with Crippen LogP contribution in [-0.2, 0) is 4.79 Å². The summed E-state index contributed by atoms with van der Waals surface area (Å²) in [6, 6.07) is 18.3. The van der Waals surface area contributed by atoms with Crippen molar-refractivity contribution < 1.29 is 23.4 Å². The van der Waals surface area contributed by atoms with Gasteiger partial charge in [0.15, 0.2) is 6.61 Å². The maximum atomic E-state index is 11.3. The highest BCUT2D eigenvalue weighted by Gasteiger charge is 2.08. The van der Waals surface area contributed by atoms with Crippen molar-refractivity contribution in [3.05, 3.63) is 72.4 Å². The monoisotopic (exact) mass is 459 g/mol. The van der Waals surface area contributed by atoms with Gasteiger partial charge in [-0.15, -0.1) is 0 Å². The quantitative estimate of drug-likeness (QED) is 0.386. The SMILES string of the molecule is CC(F)F.CNC(=O)COc1cccc(Nc2nccc(NCC(O)c3ccccc3)n2)c1. The Morgan fingerprint density at radius 1 is 1.12 bits per heavy atom. The molecule has 0 radical (unpaired) electrons. The molecule has 4 N–H and O–H groups in total. The van der Waals surface area contributed by atoms with Gasteiger partial charge in [0.1, 0.15) is 11.6 Å². The van der Waals surface area contributed by atoms with Gasteiger partial charge in [0.2, 0.25) is 12.4 Å². The molecule has 0 saturated carbocycles. The van der Waals surface area contributed by atoms with Crippen molar-refractivity contribution in [2.45, 2.75) is 19.5 Å². The van der Waals surface area contributed by atoms with E-state index in [2.05, 4.69) is 25.9 Å². The zero-order chi connectivity index (χ0) is 24.1. The van der Waals surface area contributed by atoms with Gasteiger partial charge in [0, 0.05) is 31.5 Å². The fourth-order valence-electron chi connectivity index (χ4n) is 2.53. The van der Waals surface area contributed by atoms with E-state index in [4.69, 9.17) is 4.74 Å². The fourth-order valence-corrected chi connectivity index (χ4v) is 2.53. The lowest BCUT2D eigenvalue weighted by molar-refractivity contribution is -0.122. The first-order valence-corrected chi connectivity index (χ1v) is 10.2. The van der Waals surface area contributed by atoms with Crippen molar-refractivity contribution in [3.8, 4) is 5.75 Å². The van der Waals surface area contributed by atoms with Crippen LogP contribution < -0.4 is 20.7 Å². The number of aliphatic hydroxyl groups is 1. The summed E-state index contributed by atoms with van der Waals surface area (Å²) in [5, 5.41) is 19.0. The summed E-state index contributed by atoms with van der Waals surface area (Å²) in [5.41, 5.74) is 1.56. The molecular formula is C23H27F2N5O3. The number of nitrogens with zero attached hydrogens (tertiary/aromatic N) is 2. The Morgan fingerprint density at radius 3 is 2.55 bits per heavy atom. The van der Waals surface area contributed by atoms with Crippen LogP contribution in [0.1, 0.15) is 18.6 Å². The highest BCUT2D eigenvalue weighted by Crippen LogP contribution is 2.20. The minimum absolute atomic E-state index is 0.0560. The number of likely N-dealkylation sites (N-methyl/N-ethyl adjacent to an activating group) is 1. The molecule has 33 heavy (non-hydrogen) atoms. The van der Waals surface area contributed by atoms with E-state index in [9.17, 15) is 18.7 Å². The average Bonchev–Trinajstić information content (AvgIpc) is 2.81. The number of hydrogen-bond donors (Lipinski definition) is 4. The van der Waals surface area contributed by atoms with E-state index in [0.29, 0.717) is 24.1 Å². The lowest BCUT2D eigenvalue weighted by Gasteiger charge is -2.13. The third kappa shape index (κ3) is 9.92. The number of rotatable bonds is 9. The van der Waals surface area contributed by atoms with Gasteiger partial charge < -0.3 is 25.8 Å². The number of aromatic nitrogens is 2. The van der Waals surface area contributed by atoms with Crippen molar-refractivity contribution in [3.63, 3.8) is 0 Å². The molecule has 0 aliphatic carbocycles. The Labute approximate surface area is 191 Å². The Bertz CT molecular complexity index is 990. The number of ether oxygens (including phenoxy) is 1. The first-order valence-electron chi connectivity index (χ1n) is 10.2. The number of nitrogens with one attached hydrogen (secondary N) is 3. The second-order valence-electron chi connectivity index (χ2n) is 6.71. The van der Waals surface area contributed by atoms with E-state index in [0.717, 1.165) is 18.2 Å². The average molecular weight is 459 g/mol. The largest absolute Gasteiger partial charge is 0.484 e. The molecule has 0 aliphatic heterocycles. The minimum Gasteiger partial charge on any atom is -0.484 e. The van der Waals surface area contributed by atoms with E-state index in [1.807, 2.05) is 36.4 Å². The molecule has 2 aromatic carbocycles. The van der Waals surface area contributed by atoms with Gasteiger partial charge in [0.05, 0.1) is 6.10 Å². The number of anilines is 3. The molecule has 10 heteroatoms. The van der Waals surface area contributed by atoms with Gasteiger partial charge in [0.25, 0.3) is 5.91 Å². The number of carbonyl (C=O) groups is 1. The van der Waals surface area contributed by atoms with Crippen LogP contribution in [0.25, 0.3) is 0 Å². The third-order valence-corrected chi connectivity index (χ3v) is 4.06. The highest BCUT2D eigenvalue weighted by molar-refractivity contribution is 5.77. The molecule has 0 fully saturated rings. The van der Waals surface area contributed by atoms with Crippen molar-refractivity contribution in [2.75, 3.05) is 30.8 Å². The number of alkyl halides is 2. The van der Waals surface area contributed by atoms with Gasteiger partial charge in [-0.05, 0) is 30.7 Å². The molecule has 1 atom stereocenters. The smallest absolute Gasteiger partial charge is 0.257 e. The van der Waals surface area contributed by atoms with Crippen LogP contribution in [-0.4, -0.2) is 47.6 Å². The molecule has 1 heterocycles. The van der Waals surface area contributed by atoms with Crippen molar-refractivity contribution in [1.82, 2.24) is 15.3 Å². The van der Waals surface area contributed by atoms with Crippen LogP contribution in [0.3, 0.4) is 0 Å². The van der Waals surface area contributed by atoms with Crippen LogP contribution in [0.2, 0.25) is 0 Å². The van der Waals surface area contributed by atoms with Crippen LogP contribution in [0, 0.1) is 0 Å². The standard InChI is InChI=1S/C21H23N5O3.C2H4F2/c1-22-20(28)14-29-17-9-5-8-16(12-17)25-21-23-11-10-19(26-21)24-13-18(27)15-6-3-2-4-7-15;1-2(3)4/h2-12,18,27H,13-14H2,1H3,(H,22,28)(H2,23,24,25,26);2H,1H3. The number of hydrogen-bond acceptors (Lipinski definition) is 7. The Morgan fingerprint density at radius 2 is 1.85 bits per heavy atom. The second-order valence-corrected chi connectivity index (χ2v) is 6.71. The summed E-state index contributed by atoms with van der Waals surface area (Å²) >= 11 is 0. The Balaban J connectivity index is 0.000000890. The third-order valence-electron chi connectivity index (χ3n) is 4.06. The number of halogens is 2. The lowest BCUT2D eigenvalue weighted by Crippen LogP contribution is -2.24. The number of carbonyl (C=O) groups excluding carboxylic acids is 1. The van der Waals surface area contributed by atoms with Gasteiger partial charge in [-0.2, -0.15) is 4.98 Å². The topological polar surface area (TPSA) is 108 Å². The van der Waals surface area contributed by atoms with Crippen LogP contribution in [0.4, 0.5) is 26.2 Å². The summed E-state index contributed by atoms with van der Waals surface area (Å²) in [7, 11) is 1.56. The molecule has 0 bridgehead atoms. The molecule has 8 nitrogen and oxygen atoms in total. The predicted molar refractivity (Wildman–Crippen MR) is 123 cm³/mol. The summed E-state index contributed by atoms with van der Waals surface area (Å²) in [6.45, 7) is 1.10. The molecule has 1 unspecified atom stereocenters. The normalized spacial score (nSPS) is 11.1. The Hall–Kier alpha value is -3.79. The first-order chi connectivity index (χ1) is 15.9. The van der Waals surface area contributed by atoms with Gasteiger partial charge in [-0.3, -0.25) is 4.79 Å². The Kier molecular flexibility index (Phi) is 10.5. The highest BCUT2D eigenvalue weighted by atomic mass is 19.3. The van der Waals surface area contributed by atoms with E-state index < -0.39 is 12.5 Å². The molecule has 0 saturated heterocycles. The van der Waals surface area contributed by atoms with E-state index in [1.165, 1.54) is 0 Å². The van der Waals surface area contributed by atoms with Crippen LogP contribution in [0.15, 0.2) is 66.9 Å². The maximum Gasteiger partial charge on any atom is 0.257 e. The summed E-state index contributed by atoms with van der Waals surface area (Å²) in [4.78, 5) is 19.9. The predicted octanol–water partition coefficient (Wildman–Crippen LogP) is 3.76. The number of amides is 1. The fraction of sp³-hybridized carbons (Fsp3) is 0.261. The van der Waals surface area contributed by atoms with Crippen molar-refractivity contribution in [2.24, 2.45) is 0 Å². The van der Waals surface area contributed by atoms with E-state index >= 15 is 0 Å². The summed E-state index contributed by atoms with van der Waals surface area (Å²) in [5.74, 6) is 1.33. The second kappa shape index (κ2) is 13.6. The number of aliphatic hydroxyl groups excluding tert-OH is 1. The maximum absolute atomic E-state index is 11.3. The molecule has 0 aliphatic rings. The molecule has 176 valence electrons.